The van der Waals surface area contributed by atoms with Crippen LogP contribution in [0.3, 0.4) is 0 Å². The number of hydrogen-bond donors (Lipinski definition) is 1. The van der Waals surface area contributed by atoms with E-state index in [1.165, 1.54) is 0 Å². The number of alkyl halides is 6. The van der Waals surface area contributed by atoms with Crippen molar-refractivity contribution in [1.29, 1.82) is 0 Å². The van der Waals surface area contributed by atoms with Crippen LogP contribution in [0.4, 0.5) is 39.5 Å². The van der Waals surface area contributed by atoms with Gasteiger partial charge in [-0.3, -0.25) is 0 Å². The van der Waals surface area contributed by atoms with Crippen molar-refractivity contribution in [2.45, 2.75) is 17.1 Å². The van der Waals surface area contributed by atoms with E-state index in [-0.39, 0.29) is 0 Å². The fraction of sp³-hybridized carbons (Fsp3) is 0.600. The molecule has 0 rings (SSSR count). The Morgan fingerprint density at radius 1 is 0.800 bits per heavy atom. The van der Waals surface area contributed by atoms with Gasteiger partial charge in [-0.2, -0.15) is 39.5 Å². The third kappa shape index (κ3) is 2.34. The van der Waals surface area contributed by atoms with Crippen molar-refractivity contribution in [1.82, 2.24) is 0 Å². The van der Waals surface area contributed by atoms with Gasteiger partial charge in [-0.15, -0.1) is 0 Å². The van der Waals surface area contributed by atoms with Gasteiger partial charge in [0.15, 0.2) is 0 Å². The molecule has 0 aromatic heterocycles. The maximum Gasteiger partial charge on any atom is 0.388 e. The van der Waals surface area contributed by atoms with E-state index in [1.54, 1.807) is 12.6 Å². The van der Waals surface area contributed by atoms with Gasteiger partial charge in [-0.25, -0.2) is 0 Å². The molecule has 90 valence electrons. The van der Waals surface area contributed by atoms with E-state index in [9.17, 15) is 39.5 Å². The first-order valence-corrected chi connectivity index (χ1v) is 3.37. The molecular weight excluding hydrogens is 263 g/mol. The minimum Gasteiger partial charge on any atom is -0.199 e. The normalized spacial score (nSPS) is 14.0. The molecule has 10 heteroatoms. The van der Waals surface area contributed by atoms with Crippen LogP contribution in [-0.4, -0.2) is 17.1 Å². The summed E-state index contributed by atoms with van der Waals surface area (Å²) in [6.45, 7) is 0. The molecule has 0 N–H and O–H groups in total. The Hall–Kier alpha value is -0.540. The molecular formula is C5HF9S. The van der Waals surface area contributed by atoms with Gasteiger partial charge in [0.05, 0.1) is 0 Å². The van der Waals surface area contributed by atoms with E-state index in [4.69, 9.17) is 0 Å². The molecule has 0 saturated carbocycles. The van der Waals surface area contributed by atoms with Crippen molar-refractivity contribution in [2.75, 3.05) is 0 Å². The predicted octanol–water partition coefficient (Wildman–Crippen LogP) is 3.86. The minimum atomic E-state index is -6.38. The highest BCUT2D eigenvalue weighted by Crippen LogP contribution is 2.51. The molecule has 0 bridgehead atoms. The first-order chi connectivity index (χ1) is 6.35. The van der Waals surface area contributed by atoms with Crippen molar-refractivity contribution in [2.24, 2.45) is 0 Å². The smallest absolute Gasteiger partial charge is 0.199 e. The van der Waals surface area contributed by atoms with Gasteiger partial charge in [-0.1, -0.05) is 12.6 Å². The maximum absolute atomic E-state index is 12.2. The molecule has 0 aromatic carbocycles. The van der Waals surface area contributed by atoms with Crippen LogP contribution in [-0.2, 0) is 0 Å². The summed E-state index contributed by atoms with van der Waals surface area (Å²) in [6.07, 6.45) is -3.81. The average molecular weight is 264 g/mol. The first-order valence-electron chi connectivity index (χ1n) is 2.92. The molecule has 0 aliphatic heterocycles. The highest BCUT2D eigenvalue weighted by molar-refractivity contribution is 7.81. The van der Waals surface area contributed by atoms with Crippen LogP contribution in [0, 0.1) is 0 Å². The van der Waals surface area contributed by atoms with Crippen LogP contribution in [0.2, 0.25) is 0 Å². The number of thiol groups is 1. The van der Waals surface area contributed by atoms with Gasteiger partial charge in [0, 0.05) is 0 Å². The molecule has 0 saturated heterocycles. The van der Waals surface area contributed by atoms with Crippen LogP contribution in [0.25, 0.3) is 0 Å². The lowest BCUT2D eigenvalue weighted by atomic mass is 10.1. The third-order valence-electron chi connectivity index (χ3n) is 1.21. The van der Waals surface area contributed by atoms with Gasteiger partial charge in [0.2, 0.25) is 5.83 Å². The van der Waals surface area contributed by atoms with E-state index in [1.807, 2.05) is 0 Å². The predicted molar refractivity (Wildman–Crippen MR) is 34.2 cm³/mol. The number of halogens is 9. The Morgan fingerprint density at radius 3 is 1.33 bits per heavy atom. The Balaban J connectivity index is 5.49. The van der Waals surface area contributed by atoms with Crippen molar-refractivity contribution >= 4 is 12.6 Å². The summed E-state index contributed by atoms with van der Waals surface area (Å²) in [5.74, 6) is -16.6. The highest BCUT2D eigenvalue weighted by Gasteiger charge is 2.73. The number of hydrogen-bond acceptors (Lipinski definition) is 1. The molecule has 0 radical (unpaired) electrons. The molecule has 0 aliphatic carbocycles. The number of allylic oxidation sites excluding steroid dienone is 1. The van der Waals surface area contributed by atoms with E-state index in [0.717, 1.165) is 0 Å². The SMILES string of the molecule is FC(F)=C(F)C(F)(F)C(F)(F)C(F)(F)S. The summed E-state index contributed by atoms with van der Waals surface area (Å²) in [5.41, 5.74) is 0. The van der Waals surface area contributed by atoms with E-state index < -0.39 is 29.0 Å². The van der Waals surface area contributed by atoms with Gasteiger partial charge < -0.3 is 0 Å². The monoisotopic (exact) mass is 264 g/mol. The van der Waals surface area contributed by atoms with Crippen molar-refractivity contribution in [3.63, 3.8) is 0 Å². The molecule has 0 nitrogen and oxygen atoms in total. The van der Waals surface area contributed by atoms with Crippen LogP contribution >= 0.6 is 12.6 Å². The second-order valence-electron chi connectivity index (χ2n) is 2.26. The molecule has 0 amide bonds. The average Bonchev–Trinajstić information content (AvgIpc) is 2.00. The zero-order chi connectivity index (χ0) is 12.7. The van der Waals surface area contributed by atoms with Crippen LogP contribution in [0.15, 0.2) is 11.9 Å². The fourth-order valence-electron chi connectivity index (χ4n) is 0.445. The molecule has 0 atom stereocenters. The van der Waals surface area contributed by atoms with Crippen molar-refractivity contribution in [3.8, 4) is 0 Å². The zero-order valence-electron chi connectivity index (χ0n) is 6.35. The lowest BCUT2D eigenvalue weighted by molar-refractivity contribution is -0.266. The Bertz CT molecular complexity index is 271. The molecule has 0 heterocycles. The summed E-state index contributed by atoms with van der Waals surface area (Å²) in [6, 6.07) is 0. The molecule has 0 aromatic rings. The summed E-state index contributed by atoms with van der Waals surface area (Å²) in [5, 5.41) is -5.65. The quantitative estimate of drug-likeness (QED) is 0.580. The van der Waals surface area contributed by atoms with Gasteiger partial charge >= 0.3 is 23.2 Å². The summed E-state index contributed by atoms with van der Waals surface area (Å²) in [4.78, 5) is 0. The van der Waals surface area contributed by atoms with Gasteiger partial charge in [-0.05, 0) is 0 Å². The lowest BCUT2D eigenvalue weighted by Crippen LogP contribution is -2.52. The standard InChI is InChI=1S/C5HF9S/c6-1(2(7)8)3(9,10)4(11,12)5(13,14)15/h15H. The molecule has 0 fully saturated rings. The Labute approximate surface area is 82.2 Å². The second-order valence-corrected chi connectivity index (χ2v) is 2.83. The van der Waals surface area contributed by atoms with Crippen molar-refractivity contribution < 1.29 is 39.5 Å². The summed E-state index contributed by atoms with van der Waals surface area (Å²) >= 11 is 1.79. The topological polar surface area (TPSA) is 0 Å². The van der Waals surface area contributed by atoms with E-state index in [0.29, 0.717) is 0 Å². The van der Waals surface area contributed by atoms with Crippen LogP contribution in [0.1, 0.15) is 0 Å². The Kier molecular flexibility index (Phi) is 3.66. The summed E-state index contributed by atoms with van der Waals surface area (Å²) < 4.78 is 107. The third-order valence-corrected chi connectivity index (χ3v) is 1.49. The second kappa shape index (κ2) is 3.80. The zero-order valence-corrected chi connectivity index (χ0v) is 7.24. The molecule has 0 aliphatic rings. The van der Waals surface area contributed by atoms with E-state index in [2.05, 4.69) is 0 Å². The largest absolute Gasteiger partial charge is 0.388 e. The Morgan fingerprint density at radius 2 is 1.13 bits per heavy atom. The lowest BCUT2D eigenvalue weighted by Gasteiger charge is -2.28. The maximum atomic E-state index is 12.2. The number of rotatable bonds is 3. The van der Waals surface area contributed by atoms with E-state index >= 15 is 0 Å². The summed E-state index contributed by atoms with van der Waals surface area (Å²) in [7, 11) is 0. The van der Waals surface area contributed by atoms with Crippen LogP contribution < -0.4 is 0 Å². The molecule has 15 heavy (non-hydrogen) atoms. The fourth-order valence-corrected chi connectivity index (χ4v) is 0.586. The molecule has 0 spiro atoms. The van der Waals surface area contributed by atoms with Gasteiger partial charge in [0.25, 0.3) is 0 Å². The first kappa shape index (κ1) is 14.5. The van der Waals surface area contributed by atoms with Crippen LogP contribution in [0.5, 0.6) is 0 Å². The van der Waals surface area contributed by atoms with Gasteiger partial charge in [0.1, 0.15) is 0 Å². The highest BCUT2D eigenvalue weighted by atomic mass is 32.1. The van der Waals surface area contributed by atoms with Crippen molar-refractivity contribution in [3.05, 3.63) is 11.9 Å². The minimum absolute atomic E-state index is 1.79. The molecule has 0 unspecified atom stereocenters.